The van der Waals surface area contributed by atoms with Gasteiger partial charge in [-0.3, -0.25) is 4.79 Å². The van der Waals surface area contributed by atoms with Gasteiger partial charge in [0.05, 0.1) is 0 Å². The Hall–Kier alpha value is -1.87. The van der Waals surface area contributed by atoms with E-state index in [0.717, 1.165) is 11.1 Å². The summed E-state index contributed by atoms with van der Waals surface area (Å²) in [6, 6.07) is 11.1. The lowest BCUT2D eigenvalue weighted by molar-refractivity contribution is -0.120. The Morgan fingerprint density at radius 2 is 1.90 bits per heavy atom. The minimum Gasteiger partial charge on any atom is -0.486 e. The number of ether oxygens (including phenoxy) is 1. The van der Waals surface area contributed by atoms with Crippen molar-refractivity contribution in [2.45, 2.75) is 13.3 Å². The maximum atomic E-state index is 12.7. The number of carbonyl (C=O) groups is 1. The molecule has 0 bridgehead atoms. The van der Waals surface area contributed by atoms with Crippen molar-refractivity contribution in [3.8, 4) is 5.75 Å². The van der Waals surface area contributed by atoms with E-state index in [9.17, 15) is 9.18 Å². The van der Waals surface area contributed by atoms with Crippen LogP contribution in [0.5, 0.6) is 5.75 Å². The first kappa shape index (κ1) is 14.5. The summed E-state index contributed by atoms with van der Waals surface area (Å²) in [7, 11) is 0. The first-order chi connectivity index (χ1) is 9.54. The summed E-state index contributed by atoms with van der Waals surface area (Å²) < 4.78 is 18.2. The SMILES string of the molecule is Cc1cc(OCC(=O)Cc2ccc(F)cc2)ccc1Cl. The van der Waals surface area contributed by atoms with Crippen LogP contribution >= 0.6 is 11.6 Å². The number of halogens is 2. The largest absolute Gasteiger partial charge is 0.486 e. The van der Waals surface area contributed by atoms with E-state index in [4.69, 9.17) is 16.3 Å². The number of benzene rings is 2. The quantitative estimate of drug-likeness (QED) is 0.833. The molecule has 0 spiro atoms. The normalized spacial score (nSPS) is 10.3. The highest BCUT2D eigenvalue weighted by Crippen LogP contribution is 2.21. The molecule has 0 atom stereocenters. The van der Waals surface area contributed by atoms with Gasteiger partial charge in [-0.15, -0.1) is 0 Å². The molecule has 2 rings (SSSR count). The molecule has 0 fully saturated rings. The van der Waals surface area contributed by atoms with E-state index >= 15 is 0 Å². The van der Waals surface area contributed by atoms with Crippen LogP contribution in [-0.4, -0.2) is 12.4 Å². The van der Waals surface area contributed by atoms with E-state index in [2.05, 4.69) is 0 Å². The van der Waals surface area contributed by atoms with Gasteiger partial charge in [-0.25, -0.2) is 4.39 Å². The zero-order valence-electron chi connectivity index (χ0n) is 11.0. The summed E-state index contributed by atoms with van der Waals surface area (Å²) in [5, 5.41) is 0.662. The van der Waals surface area contributed by atoms with Crippen LogP contribution in [0.25, 0.3) is 0 Å². The molecule has 0 aliphatic carbocycles. The number of hydrogen-bond acceptors (Lipinski definition) is 2. The van der Waals surface area contributed by atoms with Gasteiger partial charge in [0.2, 0.25) is 0 Å². The van der Waals surface area contributed by atoms with Gasteiger partial charge >= 0.3 is 0 Å². The van der Waals surface area contributed by atoms with Crippen molar-refractivity contribution >= 4 is 17.4 Å². The van der Waals surface area contributed by atoms with E-state index in [1.807, 2.05) is 6.92 Å². The van der Waals surface area contributed by atoms with Crippen molar-refractivity contribution in [2.24, 2.45) is 0 Å². The predicted molar refractivity (Wildman–Crippen MR) is 76.8 cm³/mol. The van der Waals surface area contributed by atoms with Crippen molar-refractivity contribution in [3.63, 3.8) is 0 Å². The van der Waals surface area contributed by atoms with E-state index in [0.29, 0.717) is 10.8 Å². The van der Waals surface area contributed by atoms with E-state index in [1.54, 1.807) is 30.3 Å². The molecule has 2 nitrogen and oxygen atoms in total. The highest BCUT2D eigenvalue weighted by atomic mass is 35.5. The van der Waals surface area contributed by atoms with Crippen molar-refractivity contribution in [1.82, 2.24) is 0 Å². The molecule has 0 saturated carbocycles. The fraction of sp³-hybridized carbons (Fsp3) is 0.188. The van der Waals surface area contributed by atoms with Gasteiger partial charge in [0, 0.05) is 11.4 Å². The first-order valence-corrected chi connectivity index (χ1v) is 6.57. The molecule has 0 N–H and O–H groups in total. The third-order valence-corrected chi connectivity index (χ3v) is 3.27. The summed E-state index contributed by atoms with van der Waals surface area (Å²) in [6.07, 6.45) is 0.229. The Morgan fingerprint density at radius 3 is 2.55 bits per heavy atom. The van der Waals surface area contributed by atoms with Crippen molar-refractivity contribution in [3.05, 3.63) is 64.4 Å². The van der Waals surface area contributed by atoms with Crippen molar-refractivity contribution < 1.29 is 13.9 Å². The third kappa shape index (κ3) is 4.07. The molecular formula is C16H14ClFO2. The predicted octanol–water partition coefficient (Wildman–Crippen LogP) is 3.98. The second-order valence-electron chi connectivity index (χ2n) is 4.54. The van der Waals surface area contributed by atoms with Crippen LogP contribution in [0.15, 0.2) is 42.5 Å². The van der Waals surface area contributed by atoms with Crippen LogP contribution in [-0.2, 0) is 11.2 Å². The fourth-order valence-electron chi connectivity index (χ4n) is 1.75. The van der Waals surface area contributed by atoms with Crippen LogP contribution in [0, 0.1) is 12.7 Å². The zero-order valence-corrected chi connectivity index (χ0v) is 11.8. The second-order valence-corrected chi connectivity index (χ2v) is 4.95. The lowest BCUT2D eigenvalue weighted by Gasteiger charge is -2.07. The molecule has 0 aromatic heterocycles. The Labute approximate surface area is 122 Å². The molecule has 0 amide bonds. The van der Waals surface area contributed by atoms with Crippen LogP contribution in [0.2, 0.25) is 5.02 Å². The number of hydrogen-bond donors (Lipinski definition) is 0. The number of carbonyl (C=O) groups excluding carboxylic acids is 1. The number of ketones is 1. The topological polar surface area (TPSA) is 26.3 Å². The average Bonchev–Trinajstić information content (AvgIpc) is 2.43. The lowest BCUT2D eigenvalue weighted by Crippen LogP contribution is -2.13. The molecule has 0 unspecified atom stereocenters. The third-order valence-electron chi connectivity index (χ3n) is 2.84. The molecule has 2 aromatic carbocycles. The fourth-order valence-corrected chi connectivity index (χ4v) is 1.87. The lowest BCUT2D eigenvalue weighted by atomic mass is 10.1. The molecule has 4 heteroatoms. The van der Waals surface area contributed by atoms with Gasteiger partial charge in [-0.05, 0) is 48.4 Å². The molecule has 0 radical (unpaired) electrons. The van der Waals surface area contributed by atoms with Gasteiger partial charge in [-0.2, -0.15) is 0 Å². The van der Waals surface area contributed by atoms with Crippen LogP contribution in [0.1, 0.15) is 11.1 Å². The number of Topliss-reactive ketones (excluding diaryl/α,β-unsaturated/α-hetero) is 1. The van der Waals surface area contributed by atoms with Crippen molar-refractivity contribution in [1.29, 1.82) is 0 Å². The van der Waals surface area contributed by atoms with Gasteiger partial charge in [0.15, 0.2) is 5.78 Å². The van der Waals surface area contributed by atoms with Gasteiger partial charge in [0.1, 0.15) is 18.2 Å². The van der Waals surface area contributed by atoms with Crippen LogP contribution < -0.4 is 4.74 Å². The zero-order chi connectivity index (χ0) is 14.5. The molecule has 20 heavy (non-hydrogen) atoms. The maximum Gasteiger partial charge on any atom is 0.174 e. The molecule has 0 aliphatic rings. The summed E-state index contributed by atoms with van der Waals surface area (Å²) in [5.41, 5.74) is 1.67. The standard InChI is InChI=1S/C16H14ClFO2/c1-11-8-15(6-7-16(11)17)20-10-14(19)9-12-2-4-13(18)5-3-12/h2-8H,9-10H2,1H3. The summed E-state index contributed by atoms with van der Waals surface area (Å²) in [4.78, 5) is 11.8. The van der Waals surface area contributed by atoms with E-state index in [-0.39, 0.29) is 24.6 Å². The highest BCUT2D eigenvalue weighted by Gasteiger charge is 2.06. The number of rotatable bonds is 5. The molecule has 0 saturated heterocycles. The smallest absolute Gasteiger partial charge is 0.174 e. The maximum absolute atomic E-state index is 12.7. The Bertz CT molecular complexity index is 608. The monoisotopic (exact) mass is 292 g/mol. The Morgan fingerprint density at radius 1 is 1.20 bits per heavy atom. The highest BCUT2D eigenvalue weighted by molar-refractivity contribution is 6.31. The van der Waals surface area contributed by atoms with Crippen LogP contribution in [0.3, 0.4) is 0 Å². The van der Waals surface area contributed by atoms with Gasteiger partial charge in [0.25, 0.3) is 0 Å². The summed E-state index contributed by atoms with van der Waals surface area (Å²) in [5.74, 6) is 0.234. The number of aryl methyl sites for hydroxylation is 1. The summed E-state index contributed by atoms with van der Waals surface area (Å²) >= 11 is 5.91. The molecular weight excluding hydrogens is 279 g/mol. The first-order valence-electron chi connectivity index (χ1n) is 6.19. The molecule has 104 valence electrons. The van der Waals surface area contributed by atoms with Crippen LogP contribution in [0.4, 0.5) is 4.39 Å². The van der Waals surface area contributed by atoms with E-state index in [1.165, 1.54) is 12.1 Å². The minimum absolute atomic E-state index is 0.0154. The average molecular weight is 293 g/mol. The van der Waals surface area contributed by atoms with Gasteiger partial charge in [-0.1, -0.05) is 23.7 Å². The molecule has 0 heterocycles. The van der Waals surface area contributed by atoms with Crippen molar-refractivity contribution in [2.75, 3.05) is 6.61 Å². The van der Waals surface area contributed by atoms with Gasteiger partial charge < -0.3 is 4.74 Å². The minimum atomic E-state index is -0.311. The van der Waals surface area contributed by atoms with E-state index < -0.39 is 0 Å². The summed E-state index contributed by atoms with van der Waals surface area (Å²) in [6.45, 7) is 1.86. The Balaban J connectivity index is 1.88. The molecule has 2 aromatic rings. The Kier molecular flexibility index (Phi) is 4.74. The second kappa shape index (κ2) is 6.53. The molecule has 0 aliphatic heterocycles.